The van der Waals surface area contributed by atoms with Crippen molar-refractivity contribution in [2.45, 2.75) is 0 Å². The van der Waals surface area contributed by atoms with Gasteiger partial charge in [0.1, 0.15) is 0 Å². The molecule has 0 radical (unpaired) electrons. The highest BCUT2D eigenvalue weighted by molar-refractivity contribution is 4.79. The Hall–Kier alpha value is -0.120. The molecule has 1 rings (SSSR count). The van der Waals surface area contributed by atoms with Crippen molar-refractivity contribution in [2.75, 3.05) is 26.3 Å². The molecule has 0 amide bonds. The maximum Gasteiger partial charge on any atom is 0.0475 e. The van der Waals surface area contributed by atoms with E-state index in [0.717, 1.165) is 13.1 Å². The molecule has 3 nitrogen and oxygen atoms in total. The SMILES string of the molecule is OCC1CNC[C@H]1CO. The molecular formula is C6H13NO2. The second-order valence-corrected chi connectivity index (χ2v) is 2.54. The van der Waals surface area contributed by atoms with Gasteiger partial charge in [0.2, 0.25) is 0 Å². The smallest absolute Gasteiger partial charge is 0.0475 e. The third-order valence-electron chi connectivity index (χ3n) is 1.95. The van der Waals surface area contributed by atoms with Gasteiger partial charge in [0.25, 0.3) is 0 Å². The Labute approximate surface area is 54.7 Å². The minimum Gasteiger partial charge on any atom is -0.396 e. The normalized spacial score (nSPS) is 35.3. The molecule has 0 aromatic carbocycles. The van der Waals surface area contributed by atoms with Gasteiger partial charge in [-0.3, -0.25) is 0 Å². The van der Waals surface area contributed by atoms with Gasteiger partial charge < -0.3 is 15.5 Å². The van der Waals surface area contributed by atoms with Crippen LogP contribution in [0.1, 0.15) is 0 Å². The zero-order valence-corrected chi connectivity index (χ0v) is 5.38. The van der Waals surface area contributed by atoms with Gasteiger partial charge in [0, 0.05) is 38.1 Å². The Morgan fingerprint density at radius 2 is 1.56 bits per heavy atom. The average molecular weight is 131 g/mol. The van der Waals surface area contributed by atoms with E-state index in [1.807, 2.05) is 0 Å². The van der Waals surface area contributed by atoms with Crippen LogP contribution in [0, 0.1) is 11.8 Å². The molecule has 2 atom stereocenters. The standard InChI is InChI=1S/C6H13NO2/c8-3-5-1-7-2-6(5)4-9/h5-9H,1-4H2/t5-,6?/m0/s1. The lowest BCUT2D eigenvalue weighted by Crippen LogP contribution is -2.19. The highest BCUT2D eigenvalue weighted by Gasteiger charge is 2.24. The zero-order chi connectivity index (χ0) is 6.69. The monoisotopic (exact) mass is 131 g/mol. The molecule has 54 valence electrons. The fourth-order valence-electron chi connectivity index (χ4n) is 1.21. The Morgan fingerprint density at radius 1 is 1.11 bits per heavy atom. The Kier molecular flexibility index (Phi) is 2.45. The van der Waals surface area contributed by atoms with Crippen molar-refractivity contribution in [3.63, 3.8) is 0 Å². The van der Waals surface area contributed by atoms with E-state index in [1.165, 1.54) is 0 Å². The topological polar surface area (TPSA) is 52.5 Å². The summed E-state index contributed by atoms with van der Waals surface area (Å²) in [6.07, 6.45) is 0. The van der Waals surface area contributed by atoms with Gasteiger partial charge in [-0.1, -0.05) is 0 Å². The lowest BCUT2D eigenvalue weighted by molar-refractivity contribution is 0.152. The number of aliphatic hydroxyl groups excluding tert-OH is 2. The van der Waals surface area contributed by atoms with Crippen molar-refractivity contribution in [2.24, 2.45) is 11.8 Å². The summed E-state index contributed by atoms with van der Waals surface area (Å²) in [7, 11) is 0. The number of hydrogen-bond acceptors (Lipinski definition) is 3. The molecule has 1 aliphatic heterocycles. The van der Waals surface area contributed by atoms with Crippen molar-refractivity contribution >= 4 is 0 Å². The molecule has 1 aliphatic rings. The Balaban J connectivity index is 2.32. The molecule has 1 fully saturated rings. The van der Waals surface area contributed by atoms with Gasteiger partial charge in [0.15, 0.2) is 0 Å². The minimum atomic E-state index is 0.193. The molecule has 3 N–H and O–H groups in total. The number of rotatable bonds is 2. The van der Waals surface area contributed by atoms with E-state index in [9.17, 15) is 0 Å². The first-order valence-corrected chi connectivity index (χ1v) is 3.31. The molecule has 0 spiro atoms. The van der Waals surface area contributed by atoms with Crippen LogP contribution in [0.15, 0.2) is 0 Å². The fourth-order valence-corrected chi connectivity index (χ4v) is 1.21. The molecule has 1 saturated heterocycles. The molecule has 1 unspecified atom stereocenters. The molecular weight excluding hydrogens is 118 g/mol. The van der Waals surface area contributed by atoms with Crippen molar-refractivity contribution in [1.82, 2.24) is 5.32 Å². The summed E-state index contributed by atoms with van der Waals surface area (Å²) >= 11 is 0. The van der Waals surface area contributed by atoms with Gasteiger partial charge in [-0.05, 0) is 0 Å². The number of hydrogen-bond donors (Lipinski definition) is 3. The Bertz CT molecular complexity index is 77.1. The molecule has 0 aromatic heterocycles. The molecule has 0 aliphatic carbocycles. The average Bonchev–Trinajstić information content (AvgIpc) is 2.33. The predicted octanol–water partition coefficient (Wildman–Crippen LogP) is -1.19. The van der Waals surface area contributed by atoms with E-state index in [1.54, 1.807) is 0 Å². The summed E-state index contributed by atoms with van der Waals surface area (Å²) in [4.78, 5) is 0. The van der Waals surface area contributed by atoms with Gasteiger partial charge in [-0.15, -0.1) is 0 Å². The quantitative estimate of drug-likeness (QED) is 0.441. The van der Waals surface area contributed by atoms with Gasteiger partial charge in [-0.2, -0.15) is 0 Å². The largest absolute Gasteiger partial charge is 0.396 e. The highest BCUT2D eigenvalue weighted by Crippen LogP contribution is 2.14. The number of aliphatic hydroxyl groups is 2. The summed E-state index contributed by atoms with van der Waals surface area (Å²) in [6.45, 7) is 2.08. The zero-order valence-electron chi connectivity index (χ0n) is 5.38. The van der Waals surface area contributed by atoms with Crippen LogP contribution >= 0.6 is 0 Å². The molecule has 0 saturated carbocycles. The summed E-state index contributed by atoms with van der Waals surface area (Å²) in [5, 5.41) is 20.5. The summed E-state index contributed by atoms with van der Waals surface area (Å²) in [5.41, 5.74) is 0. The van der Waals surface area contributed by atoms with Crippen LogP contribution < -0.4 is 5.32 Å². The van der Waals surface area contributed by atoms with Crippen molar-refractivity contribution in [1.29, 1.82) is 0 Å². The van der Waals surface area contributed by atoms with Crippen LogP contribution in [0.25, 0.3) is 0 Å². The van der Waals surface area contributed by atoms with Crippen LogP contribution in [-0.4, -0.2) is 36.5 Å². The third-order valence-corrected chi connectivity index (χ3v) is 1.95. The van der Waals surface area contributed by atoms with Gasteiger partial charge in [0.05, 0.1) is 0 Å². The number of nitrogens with one attached hydrogen (secondary N) is 1. The second kappa shape index (κ2) is 3.15. The lowest BCUT2D eigenvalue weighted by atomic mass is 9.98. The van der Waals surface area contributed by atoms with Crippen molar-refractivity contribution in [3.05, 3.63) is 0 Å². The summed E-state index contributed by atoms with van der Waals surface area (Å²) < 4.78 is 0. The predicted molar refractivity (Wildman–Crippen MR) is 34.0 cm³/mol. The van der Waals surface area contributed by atoms with Crippen LogP contribution in [0.3, 0.4) is 0 Å². The van der Waals surface area contributed by atoms with E-state index in [4.69, 9.17) is 10.2 Å². The third kappa shape index (κ3) is 1.41. The molecule has 0 bridgehead atoms. The first-order valence-electron chi connectivity index (χ1n) is 3.31. The van der Waals surface area contributed by atoms with Gasteiger partial charge >= 0.3 is 0 Å². The fraction of sp³-hybridized carbons (Fsp3) is 1.00. The summed E-state index contributed by atoms with van der Waals surface area (Å²) in [5.74, 6) is 0.546. The first-order chi connectivity index (χ1) is 4.38. The molecule has 0 aromatic rings. The molecule has 9 heavy (non-hydrogen) atoms. The van der Waals surface area contributed by atoms with E-state index in [2.05, 4.69) is 5.32 Å². The molecule has 3 heteroatoms. The maximum atomic E-state index is 8.72. The van der Waals surface area contributed by atoms with Crippen molar-refractivity contribution < 1.29 is 10.2 Å². The van der Waals surface area contributed by atoms with Gasteiger partial charge in [-0.25, -0.2) is 0 Å². The summed E-state index contributed by atoms with van der Waals surface area (Å²) in [6, 6.07) is 0. The maximum absolute atomic E-state index is 8.72. The van der Waals surface area contributed by atoms with Crippen molar-refractivity contribution in [3.8, 4) is 0 Å². The van der Waals surface area contributed by atoms with Crippen LogP contribution in [-0.2, 0) is 0 Å². The van der Waals surface area contributed by atoms with E-state index < -0.39 is 0 Å². The van der Waals surface area contributed by atoms with Crippen LogP contribution in [0.5, 0.6) is 0 Å². The van der Waals surface area contributed by atoms with E-state index in [0.29, 0.717) is 0 Å². The van der Waals surface area contributed by atoms with Crippen LogP contribution in [0.2, 0.25) is 0 Å². The van der Waals surface area contributed by atoms with E-state index in [-0.39, 0.29) is 25.0 Å². The highest BCUT2D eigenvalue weighted by atomic mass is 16.3. The van der Waals surface area contributed by atoms with E-state index >= 15 is 0 Å². The minimum absolute atomic E-state index is 0.193. The van der Waals surface area contributed by atoms with Crippen LogP contribution in [0.4, 0.5) is 0 Å². The molecule has 1 heterocycles. The second-order valence-electron chi connectivity index (χ2n) is 2.54. The Morgan fingerprint density at radius 3 is 1.89 bits per heavy atom. The first kappa shape index (κ1) is 6.99. The lowest BCUT2D eigenvalue weighted by Gasteiger charge is -2.11.